The molecule has 0 bridgehead atoms. The molecule has 0 unspecified atom stereocenters. The highest BCUT2D eigenvalue weighted by molar-refractivity contribution is 6.39. The fourth-order valence-corrected chi connectivity index (χ4v) is 2.25. The van der Waals surface area contributed by atoms with Gasteiger partial charge in [-0.25, -0.2) is 0 Å². The zero-order valence-corrected chi connectivity index (χ0v) is 11.5. The highest BCUT2D eigenvalue weighted by Gasteiger charge is 2.08. The SMILES string of the molecule is OCc1cc(Cl)ccc1Nc1c(Cl)cccc1Cl. The van der Waals surface area contributed by atoms with Crippen LogP contribution in [0, 0.1) is 0 Å². The third-order valence-corrected chi connectivity index (χ3v) is 3.33. The molecule has 0 atom stereocenters. The maximum Gasteiger partial charge on any atom is 0.0763 e. The molecule has 0 amide bonds. The lowest BCUT2D eigenvalue weighted by molar-refractivity contribution is 0.282. The van der Waals surface area contributed by atoms with E-state index in [4.69, 9.17) is 34.8 Å². The lowest BCUT2D eigenvalue weighted by Gasteiger charge is -2.13. The highest BCUT2D eigenvalue weighted by atomic mass is 35.5. The van der Waals surface area contributed by atoms with Crippen LogP contribution in [-0.4, -0.2) is 5.11 Å². The van der Waals surface area contributed by atoms with Crippen LogP contribution in [0.25, 0.3) is 0 Å². The van der Waals surface area contributed by atoms with Gasteiger partial charge >= 0.3 is 0 Å². The summed E-state index contributed by atoms with van der Waals surface area (Å²) in [7, 11) is 0. The third kappa shape index (κ3) is 2.90. The minimum Gasteiger partial charge on any atom is -0.392 e. The summed E-state index contributed by atoms with van der Waals surface area (Å²) in [6.45, 7) is -0.120. The van der Waals surface area contributed by atoms with Crippen molar-refractivity contribution in [3.63, 3.8) is 0 Å². The first-order valence-corrected chi connectivity index (χ1v) is 6.35. The van der Waals surface area contributed by atoms with Gasteiger partial charge in [-0.15, -0.1) is 0 Å². The molecule has 5 heteroatoms. The molecule has 0 aliphatic carbocycles. The van der Waals surface area contributed by atoms with Gasteiger partial charge in [0, 0.05) is 16.3 Å². The minimum absolute atomic E-state index is 0.120. The number of benzene rings is 2. The normalized spacial score (nSPS) is 10.4. The monoisotopic (exact) mass is 301 g/mol. The number of anilines is 2. The molecule has 0 spiro atoms. The number of hydrogen-bond donors (Lipinski definition) is 2. The van der Waals surface area contributed by atoms with Gasteiger partial charge in [-0.2, -0.15) is 0 Å². The molecule has 0 aromatic heterocycles. The summed E-state index contributed by atoms with van der Waals surface area (Å²) in [4.78, 5) is 0. The van der Waals surface area contributed by atoms with E-state index in [1.807, 2.05) is 0 Å². The van der Waals surface area contributed by atoms with Crippen molar-refractivity contribution < 1.29 is 5.11 Å². The molecule has 0 radical (unpaired) electrons. The second-order valence-electron chi connectivity index (χ2n) is 3.68. The summed E-state index contributed by atoms with van der Waals surface area (Å²) in [6, 6.07) is 10.4. The average Bonchev–Trinajstić information content (AvgIpc) is 2.35. The zero-order valence-electron chi connectivity index (χ0n) is 9.25. The Hall–Kier alpha value is -0.930. The van der Waals surface area contributed by atoms with Crippen molar-refractivity contribution in [1.82, 2.24) is 0 Å². The predicted octanol–water partition coefficient (Wildman–Crippen LogP) is 4.88. The van der Waals surface area contributed by atoms with E-state index in [0.717, 1.165) is 5.69 Å². The number of nitrogens with one attached hydrogen (secondary N) is 1. The van der Waals surface area contributed by atoms with Crippen LogP contribution in [0.3, 0.4) is 0 Å². The minimum atomic E-state index is -0.120. The fraction of sp³-hybridized carbons (Fsp3) is 0.0769. The van der Waals surface area contributed by atoms with Crippen molar-refractivity contribution in [2.75, 3.05) is 5.32 Å². The molecule has 2 aromatic rings. The molecule has 0 fully saturated rings. The second kappa shape index (κ2) is 5.81. The second-order valence-corrected chi connectivity index (χ2v) is 4.93. The molecule has 2 nitrogen and oxygen atoms in total. The van der Waals surface area contributed by atoms with Gasteiger partial charge in [0.2, 0.25) is 0 Å². The van der Waals surface area contributed by atoms with Gasteiger partial charge in [0.15, 0.2) is 0 Å². The van der Waals surface area contributed by atoms with E-state index < -0.39 is 0 Å². The summed E-state index contributed by atoms with van der Waals surface area (Å²) in [5.41, 5.74) is 2.01. The van der Waals surface area contributed by atoms with Crippen LogP contribution in [0.1, 0.15) is 5.56 Å². The van der Waals surface area contributed by atoms with Crippen LogP contribution in [-0.2, 0) is 6.61 Å². The van der Waals surface area contributed by atoms with Gasteiger partial charge in [0.1, 0.15) is 0 Å². The standard InChI is InChI=1S/C13H10Cl3NO/c14-9-4-5-12(8(6-9)7-18)17-13-10(15)2-1-3-11(13)16/h1-6,17-18H,7H2. The molecular weight excluding hydrogens is 293 g/mol. The zero-order chi connectivity index (χ0) is 13.1. The van der Waals surface area contributed by atoms with Gasteiger partial charge in [0.25, 0.3) is 0 Å². The third-order valence-electron chi connectivity index (χ3n) is 2.46. The maximum atomic E-state index is 9.29. The van der Waals surface area contributed by atoms with Crippen LogP contribution in [0.5, 0.6) is 0 Å². The van der Waals surface area contributed by atoms with Crippen molar-refractivity contribution in [1.29, 1.82) is 0 Å². The molecule has 0 aliphatic rings. The Labute approximate surface area is 120 Å². The maximum absolute atomic E-state index is 9.29. The number of aliphatic hydroxyl groups excluding tert-OH is 1. The Morgan fingerprint density at radius 1 is 1.00 bits per heavy atom. The van der Waals surface area contributed by atoms with Crippen molar-refractivity contribution in [3.05, 3.63) is 57.0 Å². The molecule has 0 saturated heterocycles. The van der Waals surface area contributed by atoms with Crippen molar-refractivity contribution in [2.24, 2.45) is 0 Å². The molecular formula is C13H10Cl3NO. The summed E-state index contributed by atoms with van der Waals surface area (Å²) < 4.78 is 0. The summed E-state index contributed by atoms with van der Waals surface area (Å²) in [6.07, 6.45) is 0. The van der Waals surface area contributed by atoms with Gasteiger partial charge in [-0.1, -0.05) is 40.9 Å². The van der Waals surface area contributed by atoms with E-state index in [-0.39, 0.29) is 6.61 Å². The summed E-state index contributed by atoms with van der Waals surface area (Å²) in [5.74, 6) is 0. The number of rotatable bonds is 3. The van der Waals surface area contributed by atoms with E-state index in [2.05, 4.69) is 5.32 Å². The fourth-order valence-electron chi connectivity index (χ4n) is 1.57. The van der Waals surface area contributed by atoms with E-state index >= 15 is 0 Å². The smallest absolute Gasteiger partial charge is 0.0763 e. The first-order valence-electron chi connectivity index (χ1n) is 5.22. The number of aliphatic hydroxyl groups is 1. The lowest BCUT2D eigenvalue weighted by atomic mass is 10.2. The van der Waals surface area contributed by atoms with Gasteiger partial charge < -0.3 is 10.4 Å². The van der Waals surface area contributed by atoms with Crippen molar-refractivity contribution >= 4 is 46.2 Å². The Balaban J connectivity index is 2.40. The Morgan fingerprint density at radius 3 is 2.28 bits per heavy atom. The first-order chi connectivity index (χ1) is 8.61. The Bertz CT molecular complexity index is 552. The van der Waals surface area contributed by atoms with Gasteiger partial charge in [-0.3, -0.25) is 0 Å². The van der Waals surface area contributed by atoms with Crippen LogP contribution < -0.4 is 5.32 Å². The molecule has 0 aliphatic heterocycles. The van der Waals surface area contributed by atoms with Crippen LogP contribution in [0.4, 0.5) is 11.4 Å². The largest absolute Gasteiger partial charge is 0.392 e. The summed E-state index contributed by atoms with van der Waals surface area (Å²) >= 11 is 18.0. The summed E-state index contributed by atoms with van der Waals surface area (Å²) in [5, 5.41) is 14.0. The molecule has 0 heterocycles. The Kier molecular flexibility index (Phi) is 4.36. The van der Waals surface area contributed by atoms with E-state index in [0.29, 0.717) is 26.3 Å². The Morgan fingerprint density at radius 2 is 1.67 bits per heavy atom. The van der Waals surface area contributed by atoms with Gasteiger partial charge in [0.05, 0.1) is 22.3 Å². The average molecular weight is 303 g/mol. The van der Waals surface area contributed by atoms with E-state index in [1.54, 1.807) is 36.4 Å². The number of hydrogen-bond acceptors (Lipinski definition) is 2. The topological polar surface area (TPSA) is 32.3 Å². The van der Waals surface area contributed by atoms with E-state index in [1.165, 1.54) is 0 Å². The van der Waals surface area contributed by atoms with Crippen molar-refractivity contribution in [3.8, 4) is 0 Å². The molecule has 2 rings (SSSR count). The van der Waals surface area contributed by atoms with Crippen LogP contribution >= 0.6 is 34.8 Å². The number of halogens is 3. The van der Waals surface area contributed by atoms with Gasteiger partial charge in [-0.05, 0) is 30.3 Å². The molecule has 2 aromatic carbocycles. The van der Waals surface area contributed by atoms with Crippen LogP contribution in [0.15, 0.2) is 36.4 Å². The lowest BCUT2D eigenvalue weighted by Crippen LogP contribution is -1.97. The molecule has 18 heavy (non-hydrogen) atoms. The van der Waals surface area contributed by atoms with Crippen molar-refractivity contribution in [2.45, 2.75) is 6.61 Å². The predicted molar refractivity (Wildman–Crippen MR) is 77.1 cm³/mol. The molecule has 94 valence electrons. The molecule has 0 saturated carbocycles. The quantitative estimate of drug-likeness (QED) is 0.846. The van der Waals surface area contributed by atoms with E-state index in [9.17, 15) is 5.11 Å². The number of para-hydroxylation sites is 1. The molecule has 2 N–H and O–H groups in total. The van der Waals surface area contributed by atoms with Crippen LogP contribution in [0.2, 0.25) is 15.1 Å². The highest BCUT2D eigenvalue weighted by Crippen LogP contribution is 2.34. The first kappa shape index (κ1) is 13.5.